The molecule has 0 spiro atoms. The molecule has 0 aliphatic rings. The molecular formula is C19H21N5O3S. The molecular weight excluding hydrogens is 378 g/mol. The Morgan fingerprint density at radius 3 is 2.82 bits per heavy atom. The van der Waals surface area contributed by atoms with Crippen LogP contribution in [0.5, 0.6) is 0 Å². The molecule has 9 heteroatoms. The molecule has 1 amide bonds. The molecule has 1 N–H and O–H groups in total. The van der Waals surface area contributed by atoms with Crippen LogP contribution in [-0.2, 0) is 16.0 Å². The van der Waals surface area contributed by atoms with Gasteiger partial charge in [-0.1, -0.05) is 19.9 Å². The first-order valence-corrected chi connectivity index (χ1v) is 9.78. The van der Waals surface area contributed by atoms with Crippen LogP contribution >= 0.6 is 11.3 Å². The minimum Gasteiger partial charge on any atom is -0.466 e. The maximum absolute atomic E-state index is 12.8. The summed E-state index contributed by atoms with van der Waals surface area (Å²) in [6.45, 7) is 6.06. The minimum absolute atomic E-state index is 0.0564. The predicted octanol–water partition coefficient (Wildman–Crippen LogP) is 3.21. The van der Waals surface area contributed by atoms with E-state index in [1.54, 1.807) is 23.2 Å². The van der Waals surface area contributed by atoms with Crippen molar-refractivity contribution in [2.45, 2.75) is 33.1 Å². The van der Waals surface area contributed by atoms with Crippen molar-refractivity contribution in [3.63, 3.8) is 0 Å². The molecule has 0 radical (unpaired) electrons. The van der Waals surface area contributed by atoms with Crippen LogP contribution in [0.15, 0.2) is 36.0 Å². The Labute approximate surface area is 166 Å². The fourth-order valence-corrected chi connectivity index (χ4v) is 3.43. The maximum atomic E-state index is 12.8. The highest BCUT2D eigenvalue weighted by molar-refractivity contribution is 7.14. The van der Waals surface area contributed by atoms with Crippen molar-refractivity contribution in [2.24, 2.45) is 0 Å². The number of hydrogen-bond acceptors (Lipinski definition) is 7. The number of carbonyl (C=O) groups excluding carboxylic acids is 2. The van der Waals surface area contributed by atoms with E-state index in [4.69, 9.17) is 4.74 Å². The molecule has 146 valence electrons. The van der Waals surface area contributed by atoms with Crippen molar-refractivity contribution in [1.82, 2.24) is 19.7 Å². The number of nitrogens with one attached hydrogen (secondary N) is 1. The zero-order valence-electron chi connectivity index (χ0n) is 15.9. The van der Waals surface area contributed by atoms with E-state index in [9.17, 15) is 9.59 Å². The molecule has 28 heavy (non-hydrogen) atoms. The topological polar surface area (TPSA) is 99.0 Å². The Morgan fingerprint density at radius 2 is 2.14 bits per heavy atom. The number of esters is 1. The summed E-state index contributed by atoms with van der Waals surface area (Å²) < 4.78 is 6.59. The van der Waals surface area contributed by atoms with Crippen molar-refractivity contribution in [3.05, 3.63) is 52.9 Å². The van der Waals surface area contributed by atoms with E-state index in [1.807, 2.05) is 32.0 Å². The molecule has 0 aliphatic heterocycles. The molecule has 3 aromatic heterocycles. The smallest absolute Gasteiger partial charge is 0.311 e. The first-order chi connectivity index (χ1) is 13.5. The third-order valence-electron chi connectivity index (χ3n) is 3.87. The van der Waals surface area contributed by atoms with Crippen molar-refractivity contribution in [3.8, 4) is 5.82 Å². The summed E-state index contributed by atoms with van der Waals surface area (Å²) >= 11 is 1.26. The molecule has 3 aromatic rings. The van der Waals surface area contributed by atoms with Gasteiger partial charge in [0.1, 0.15) is 0 Å². The molecule has 0 bridgehead atoms. The van der Waals surface area contributed by atoms with Crippen LogP contribution in [0.1, 0.15) is 48.4 Å². The summed E-state index contributed by atoms with van der Waals surface area (Å²) in [7, 11) is 0. The highest BCUT2D eigenvalue weighted by Crippen LogP contribution is 2.24. The molecule has 8 nitrogen and oxygen atoms in total. The van der Waals surface area contributed by atoms with Crippen LogP contribution in [0.2, 0.25) is 0 Å². The van der Waals surface area contributed by atoms with Crippen molar-refractivity contribution in [1.29, 1.82) is 0 Å². The molecule has 0 atom stereocenters. The fraction of sp³-hybridized carbons (Fsp3) is 0.316. The van der Waals surface area contributed by atoms with Gasteiger partial charge in [-0.15, -0.1) is 11.3 Å². The third kappa shape index (κ3) is 4.42. The number of thiazole rings is 1. The van der Waals surface area contributed by atoms with Gasteiger partial charge in [-0.2, -0.15) is 5.10 Å². The van der Waals surface area contributed by atoms with Gasteiger partial charge in [-0.3, -0.25) is 14.9 Å². The number of nitrogens with zero attached hydrogens (tertiary/aromatic N) is 4. The van der Waals surface area contributed by atoms with E-state index in [1.165, 1.54) is 17.5 Å². The lowest BCUT2D eigenvalue weighted by Gasteiger charge is -2.11. The van der Waals surface area contributed by atoms with Crippen LogP contribution < -0.4 is 5.32 Å². The van der Waals surface area contributed by atoms with E-state index < -0.39 is 0 Å². The molecule has 3 rings (SSSR count). The fourth-order valence-electron chi connectivity index (χ4n) is 2.72. The van der Waals surface area contributed by atoms with Crippen molar-refractivity contribution >= 4 is 28.3 Å². The lowest BCUT2D eigenvalue weighted by atomic mass is 10.1. The van der Waals surface area contributed by atoms with E-state index in [0.717, 1.165) is 5.69 Å². The monoisotopic (exact) mass is 399 g/mol. The summed E-state index contributed by atoms with van der Waals surface area (Å²) in [5, 5.41) is 9.29. The van der Waals surface area contributed by atoms with Gasteiger partial charge >= 0.3 is 5.97 Å². The van der Waals surface area contributed by atoms with Gasteiger partial charge < -0.3 is 4.74 Å². The van der Waals surface area contributed by atoms with E-state index >= 15 is 0 Å². The van der Waals surface area contributed by atoms with Crippen LogP contribution in [-0.4, -0.2) is 38.2 Å². The number of pyridine rings is 1. The predicted molar refractivity (Wildman–Crippen MR) is 106 cm³/mol. The second-order valence-electron chi connectivity index (χ2n) is 6.28. The molecule has 3 heterocycles. The normalized spacial score (nSPS) is 10.9. The van der Waals surface area contributed by atoms with E-state index in [2.05, 4.69) is 20.4 Å². The van der Waals surface area contributed by atoms with Gasteiger partial charge in [-0.25, -0.2) is 14.6 Å². The SMILES string of the molecule is CCOC(=O)Cc1csc(NC(=O)c2cnn(-c3ccccn3)c2C(C)C)n1. The van der Waals surface area contributed by atoms with Gasteiger partial charge in [0, 0.05) is 11.6 Å². The van der Waals surface area contributed by atoms with Gasteiger partial charge in [0.15, 0.2) is 10.9 Å². The molecule has 0 aromatic carbocycles. The van der Waals surface area contributed by atoms with Gasteiger partial charge in [0.05, 0.1) is 36.2 Å². The Hall–Kier alpha value is -3.07. The summed E-state index contributed by atoms with van der Waals surface area (Å²) in [4.78, 5) is 33.0. The highest BCUT2D eigenvalue weighted by Gasteiger charge is 2.22. The van der Waals surface area contributed by atoms with Crippen LogP contribution in [0, 0.1) is 0 Å². The van der Waals surface area contributed by atoms with Gasteiger partial charge in [0.25, 0.3) is 5.91 Å². The number of ether oxygens (including phenoxy) is 1. The summed E-state index contributed by atoms with van der Waals surface area (Å²) in [5.74, 6) is 0.0597. The molecule has 0 saturated carbocycles. The Bertz CT molecular complexity index is 965. The summed E-state index contributed by atoms with van der Waals surface area (Å²) in [6, 6.07) is 5.53. The number of carbonyl (C=O) groups is 2. The van der Waals surface area contributed by atoms with Crippen LogP contribution in [0.25, 0.3) is 5.82 Å². The zero-order chi connectivity index (χ0) is 20.1. The van der Waals surface area contributed by atoms with Gasteiger partial charge in [0.2, 0.25) is 0 Å². The Kier molecular flexibility index (Phi) is 6.15. The Morgan fingerprint density at radius 1 is 1.32 bits per heavy atom. The number of anilines is 1. The van der Waals surface area contributed by atoms with Crippen LogP contribution in [0.4, 0.5) is 5.13 Å². The average Bonchev–Trinajstić information content (AvgIpc) is 3.29. The largest absolute Gasteiger partial charge is 0.466 e. The molecule has 0 aliphatic carbocycles. The van der Waals surface area contributed by atoms with Gasteiger partial charge in [-0.05, 0) is 25.0 Å². The second kappa shape index (κ2) is 8.75. The highest BCUT2D eigenvalue weighted by atomic mass is 32.1. The molecule has 0 saturated heterocycles. The Balaban J connectivity index is 1.79. The molecule has 0 unspecified atom stereocenters. The zero-order valence-corrected chi connectivity index (χ0v) is 16.7. The lowest BCUT2D eigenvalue weighted by molar-refractivity contribution is -0.142. The summed E-state index contributed by atoms with van der Waals surface area (Å²) in [5.41, 5.74) is 1.79. The first-order valence-electron chi connectivity index (χ1n) is 8.90. The standard InChI is InChI=1S/C19H21N5O3S/c1-4-27-16(25)9-13-11-28-19(22-13)23-18(26)14-10-21-24(17(14)12(2)3)15-7-5-6-8-20-15/h5-8,10-12H,4,9H2,1-3H3,(H,22,23,26). The number of aromatic nitrogens is 4. The van der Waals surface area contributed by atoms with Crippen molar-refractivity contribution in [2.75, 3.05) is 11.9 Å². The lowest BCUT2D eigenvalue weighted by Crippen LogP contribution is -2.16. The van der Waals surface area contributed by atoms with E-state index in [-0.39, 0.29) is 24.2 Å². The quantitative estimate of drug-likeness (QED) is 0.613. The number of rotatable bonds is 7. The number of amides is 1. The number of hydrogen-bond donors (Lipinski definition) is 1. The summed E-state index contributed by atoms with van der Waals surface area (Å²) in [6.07, 6.45) is 3.29. The van der Waals surface area contributed by atoms with Crippen LogP contribution in [0.3, 0.4) is 0 Å². The minimum atomic E-state index is -0.343. The molecule has 0 fully saturated rings. The first kappa shape index (κ1) is 19.7. The second-order valence-corrected chi connectivity index (χ2v) is 7.14. The maximum Gasteiger partial charge on any atom is 0.311 e. The van der Waals surface area contributed by atoms with Crippen molar-refractivity contribution < 1.29 is 14.3 Å². The average molecular weight is 399 g/mol. The third-order valence-corrected chi connectivity index (χ3v) is 4.67. The van der Waals surface area contributed by atoms with E-state index in [0.29, 0.717) is 28.8 Å².